The smallest absolute Gasteiger partial charge is 0.271 e. The number of hydrogen-bond acceptors (Lipinski definition) is 5. The molecule has 3 rings (SSSR count). The third kappa shape index (κ3) is 2.84. The van der Waals surface area contributed by atoms with Crippen molar-refractivity contribution in [1.82, 2.24) is 15.3 Å². The van der Waals surface area contributed by atoms with Crippen molar-refractivity contribution in [2.24, 2.45) is 0 Å². The highest BCUT2D eigenvalue weighted by molar-refractivity contribution is 5.81. The van der Waals surface area contributed by atoms with Gasteiger partial charge in [0.25, 0.3) is 5.69 Å². The largest absolute Gasteiger partial charge is 0.368 e. The van der Waals surface area contributed by atoms with Crippen LogP contribution in [0.4, 0.5) is 5.69 Å². The first-order chi connectivity index (χ1) is 10.1. The minimum absolute atomic E-state index is 0.00101. The molecule has 1 atom stereocenters. The number of amides is 1. The Balaban J connectivity index is 1.69. The number of carbonyl (C=O) groups excluding carboxylic acids is 1. The number of nitro groups is 1. The highest BCUT2D eigenvalue weighted by atomic mass is 16.6. The number of nitrogens with zero attached hydrogens (tertiary/aromatic N) is 2. The SMILES string of the molecule is O=C(NCc1nc2ccc([N+](=O)[O-])cc2[nH]1)C1CCCO1. The summed E-state index contributed by atoms with van der Waals surface area (Å²) in [6.45, 7) is 0.855. The zero-order valence-corrected chi connectivity index (χ0v) is 11.2. The predicted octanol–water partition coefficient (Wildman–Crippen LogP) is 1.27. The van der Waals surface area contributed by atoms with Gasteiger partial charge in [-0.1, -0.05) is 0 Å². The Hall–Kier alpha value is -2.48. The highest BCUT2D eigenvalue weighted by Crippen LogP contribution is 2.19. The molecule has 0 spiro atoms. The van der Waals surface area contributed by atoms with E-state index in [1.165, 1.54) is 12.1 Å². The van der Waals surface area contributed by atoms with Gasteiger partial charge in [0.1, 0.15) is 11.9 Å². The third-order valence-corrected chi connectivity index (χ3v) is 3.38. The van der Waals surface area contributed by atoms with E-state index in [1.807, 2.05) is 0 Å². The van der Waals surface area contributed by atoms with Gasteiger partial charge >= 0.3 is 0 Å². The number of non-ortho nitro benzene ring substituents is 1. The van der Waals surface area contributed by atoms with Gasteiger partial charge in [0.15, 0.2) is 0 Å². The lowest BCUT2D eigenvalue weighted by Gasteiger charge is -2.08. The number of fused-ring (bicyclic) bond motifs is 1. The zero-order chi connectivity index (χ0) is 14.8. The van der Waals surface area contributed by atoms with Gasteiger partial charge in [0, 0.05) is 18.7 Å². The van der Waals surface area contributed by atoms with E-state index in [0.717, 1.165) is 12.8 Å². The molecule has 1 unspecified atom stereocenters. The fourth-order valence-electron chi connectivity index (χ4n) is 2.32. The standard InChI is InChI=1S/C13H14N4O4/c18-13(11-2-1-5-21-11)14-7-12-15-9-4-3-8(17(19)20)6-10(9)16-12/h3-4,6,11H,1-2,5,7H2,(H,14,18)(H,15,16). The fourth-order valence-corrected chi connectivity index (χ4v) is 2.32. The van der Waals surface area contributed by atoms with Crippen LogP contribution in [0.2, 0.25) is 0 Å². The molecule has 1 saturated heterocycles. The average molecular weight is 290 g/mol. The van der Waals surface area contributed by atoms with Gasteiger partial charge in [-0.3, -0.25) is 14.9 Å². The van der Waals surface area contributed by atoms with Crippen molar-refractivity contribution in [2.75, 3.05) is 6.61 Å². The van der Waals surface area contributed by atoms with E-state index < -0.39 is 4.92 Å². The molecule has 1 aromatic carbocycles. The molecule has 1 aliphatic rings. The Kier molecular flexibility index (Phi) is 3.53. The van der Waals surface area contributed by atoms with E-state index in [2.05, 4.69) is 15.3 Å². The Morgan fingerprint density at radius 3 is 3.14 bits per heavy atom. The molecule has 0 aliphatic carbocycles. The maximum Gasteiger partial charge on any atom is 0.271 e. The number of nitrogens with one attached hydrogen (secondary N) is 2. The topological polar surface area (TPSA) is 110 Å². The van der Waals surface area contributed by atoms with E-state index in [4.69, 9.17) is 4.74 Å². The van der Waals surface area contributed by atoms with E-state index in [1.54, 1.807) is 6.07 Å². The molecule has 21 heavy (non-hydrogen) atoms. The lowest BCUT2D eigenvalue weighted by atomic mass is 10.2. The number of benzene rings is 1. The van der Waals surface area contributed by atoms with E-state index >= 15 is 0 Å². The van der Waals surface area contributed by atoms with Crippen molar-refractivity contribution in [1.29, 1.82) is 0 Å². The number of nitro benzene ring substituents is 1. The first kappa shape index (κ1) is 13.5. The maximum absolute atomic E-state index is 11.8. The number of imidazole rings is 1. The van der Waals surface area contributed by atoms with Crippen molar-refractivity contribution in [3.63, 3.8) is 0 Å². The second-order valence-electron chi connectivity index (χ2n) is 4.86. The summed E-state index contributed by atoms with van der Waals surface area (Å²) in [6, 6.07) is 4.40. The average Bonchev–Trinajstić information content (AvgIpc) is 3.12. The molecule has 2 N–H and O–H groups in total. The molecule has 1 amide bonds. The van der Waals surface area contributed by atoms with Crippen LogP contribution in [0.25, 0.3) is 11.0 Å². The monoisotopic (exact) mass is 290 g/mol. The first-order valence-electron chi connectivity index (χ1n) is 6.66. The van der Waals surface area contributed by atoms with Crippen LogP contribution in [0.15, 0.2) is 18.2 Å². The van der Waals surface area contributed by atoms with Gasteiger partial charge in [-0.05, 0) is 18.9 Å². The van der Waals surface area contributed by atoms with Crippen LogP contribution in [0.1, 0.15) is 18.7 Å². The van der Waals surface area contributed by atoms with Gasteiger partial charge in [-0.15, -0.1) is 0 Å². The molecule has 0 saturated carbocycles. The molecular weight excluding hydrogens is 276 g/mol. The number of rotatable bonds is 4. The van der Waals surface area contributed by atoms with Crippen molar-refractivity contribution in [2.45, 2.75) is 25.5 Å². The van der Waals surface area contributed by atoms with Crippen LogP contribution in [-0.2, 0) is 16.1 Å². The van der Waals surface area contributed by atoms with E-state index in [9.17, 15) is 14.9 Å². The first-order valence-corrected chi connectivity index (χ1v) is 6.66. The van der Waals surface area contributed by atoms with Gasteiger partial charge in [0.2, 0.25) is 5.91 Å². The zero-order valence-electron chi connectivity index (χ0n) is 11.2. The van der Waals surface area contributed by atoms with Crippen LogP contribution in [-0.4, -0.2) is 33.5 Å². The molecule has 110 valence electrons. The number of aromatic nitrogens is 2. The number of hydrogen-bond donors (Lipinski definition) is 2. The number of H-pyrrole nitrogens is 1. The summed E-state index contributed by atoms with van der Waals surface area (Å²) in [6.07, 6.45) is 1.25. The summed E-state index contributed by atoms with van der Waals surface area (Å²) in [5.74, 6) is 0.399. The normalized spacial score (nSPS) is 18.0. The Bertz CT molecular complexity index is 691. The molecular formula is C13H14N4O4. The molecule has 0 radical (unpaired) electrons. The fraction of sp³-hybridized carbons (Fsp3) is 0.385. The number of ether oxygens (including phenoxy) is 1. The Morgan fingerprint density at radius 1 is 1.57 bits per heavy atom. The summed E-state index contributed by atoms with van der Waals surface area (Å²) in [5, 5.41) is 13.5. The second kappa shape index (κ2) is 5.49. The lowest BCUT2D eigenvalue weighted by Crippen LogP contribution is -2.33. The minimum Gasteiger partial charge on any atom is -0.368 e. The summed E-state index contributed by atoms with van der Waals surface area (Å²) >= 11 is 0. The molecule has 1 aliphatic heterocycles. The summed E-state index contributed by atoms with van der Waals surface area (Å²) in [5.41, 5.74) is 1.20. The highest BCUT2D eigenvalue weighted by Gasteiger charge is 2.23. The maximum atomic E-state index is 11.8. The van der Waals surface area contributed by atoms with Crippen LogP contribution in [0.3, 0.4) is 0 Å². The Morgan fingerprint density at radius 2 is 2.43 bits per heavy atom. The van der Waals surface area contributed by atoms with Crippen molar-refractivity contribution in [3.8, 4) is 0 Å². The quantitative estimate of drug-likeness (QED) is 0.650. The van der Waals surface area contributed by atoms with Gasteiger partial charge in [-0.2, -0.15) is 0 Å². The summed E-state index contributed by atoms with van der Waals surface area (Å²) in [4.78, 5) is 29.3. The molecule has 1 aromatic heterocycles. The molecule has 2 heterocycles. The number of aromatic amines is 1. The van der Waals surface area contributed by atoms with Crippen LogP contribution < -0.4 is 5.32 Å². The van der Waals surface area contributed by atoms with Crippen LogP contribution in [0, 0.1) is 10.1 Å². The molecule has 8 nitrogen and oxygen atoms in total. The van der Waals surface area contributed by atoms with E-state index in [-0.39, 0.29) is 24.2 Å². The van der Waals surface area contributed by atoms with Gasteiger partial charge in [-0.25, -0.2) is 4.98 Å². The molecule has 1 fully saturated rings. The van der Waals surface area contributed by atoms with Crippen molar-refractivity contribution in [3.05, 3.63) is 34.1 Å². The number of carbonyl (C=O) groups is 1. The third-order valence-electron chi connectivity index (χ3n) is 3.38. The van der Waals surface area contributed by atoms with Crippen LogP contribution >= 0.6 is 0 Å². The summed E-state index contributed by atoms with van der Waals surface area (Å²) < 4.78 is 5.29. The molecule has 0 bridgehead atoms. The van der Waals surface area contributed by atoms with Gasteiger partial charge in [0.05, 0.1) is 22.5 Å². The van der Waals surface area contributed by atoms with Crippen molar-refractivity contribution < 1.29 is 14.5 Å². The molecule has 2 aromatic rings. The summed E-state index contributed by atoms with van der Waals surface area (Å²) in [7, 11) is 0. The Labute approximate surface area is 119 Å². The van der Waals surface area contributed by atoms with Gasteiger partial charge < -0.3 is 15.0 Å². The van der Waals surface area contributed by atoms with E-state index in [0.29, 0.717) is 23.5 Å². The second-order valence-corrected chi connectivity index (χ2v) is 4.86. The minimum atomic E-state index is -0.459. The molecule has 8 heteroatoms. The lowest BCUT2D eigenvalue weighted by molar-refractivity contribution is -0.384. The van der Waals surface area contributed by atoms with Crippen molar-refractivity contribution >= 4 is 22.6 Å². The predicted molar refractivity (Wildman–Crippen MR) is 73.6 cm³/mol. The van der Waals surface area contributed by atoms with Crippen LogP contribution in [0.5, 0.6) is 0 Å².